The third kappa shape index (κ3) is 2.74. The molecule has 0 aromatic heterocycles. The minimum absolute atomic E-state index is 0.0314. The molecule has 6 rings (SSSR count). The minimum atomic E-state index is -1.28. The molecule has 11 heteroatoms. The van der Waals surface area contributed by atoms with E-state index in [1.54, 1.807) is 9.80 Å². The van der Waals surface area contributed by atoms with Crippen LogP contribution in [0.25, 0.3) is 0 Å². The number of ether oxygens (including phenoxy) is 3. The standard InChI is InChI=1S/C25H27N3O8/c1-10(29)28-14-8-27-18-17(13(9-35-23(26)33)25(27,34-4)22(14)28)20(32)21-12(19(18)31)5-11-15(30)6-24(2,3)7-16(11)36-21/h13-14,22H,5-9H2,1-4H3,(H2,26,33)/t13-,14+,22+,25-,28?/m1/s1. The number of ketones is 3. The lowest BCUT2D eigenvalue weighted by Gasteiger charge is -2.41. The average molecular weight is 498 g/mol. The number of carbonyl (C=O) groups excluding carboxylic acids is 5. The maximum Gasteiger partial charge on any atom is 0.404 e. The second-order valence-electron chi connectivity index (χ2n) is 11.0. The van der Waals surface area contributed by atoms with Crippen LogP contribution in [-0.2, 0) is 33.4 Å². The van der Waals surface area contributed by atoms with Crippen LogP contribution < -0.4 is 5.73 Å². The van der Waals surface area contributed by atoms with Gasteiger partial charge >= 0.3 is 6.09 Å². The van der Waals surface area contributed by atoms with Crippen molar-refractivity contribution in [1.29, 1.82) is 0 Å². The van der Waals surface area contributed by atoms with Crippen molar-refractivity contribution >= 4 is 29.4 Å². The topological polar surface area (TPSA) is 145 Å². The summed E-state index contributed by atoms with van der Waals surface area (Å²) < 4.78 is 17.2. The Hall–Kier alpha value is -3.47. The number of allylic oxidation sites excluding steroid dienone is 4. The van der Waals surface area contributed by atoms with Crippen LogP contribution >= 0.6 is 0 Å². The summed E-state index contributed by atoms with van der Waals surface area (Å²) in [5, 5.41) is 0. The molecule has 190 valence electrons. The van der Waals surface area contributed by atoms with Crippen LogP contribution in [0.4, 0.5) is 4.79 Å². The Morgan fingerprint density at radius 2 is 1.86 bits per heavy atom. The normalized spacial score (nSPS) is 33.7. The molecule has 4 atom stereocenters. The number of Topliss-reactive ketones (excluding diaryl/α,β-unsaturated/α-hetero) is 3. The molecule has 2 amide bonds. The van der Waals surface area contributed by atoms with Gasteiger partial charge in [-0.3, -0.25) is 19.2 Å². The molecule has 6 aliphatic rings. The SMILES string of the molecule is CO[C@@]12[C@H](COC(N)=O)C3=C(C(=O)C4=C(OC5=C(C4)C(=O)CC(C)(C)C5)C3=O)N1C[C@H]1[C@@H]2N1C(C)=O. The van der Waals surface area contributed by atoms with E-state index < -0.39 is 35.3 Å². The Balaban J connectivity index is 1.42. The van der Waals surface area contributed by atoms with Gasteiger partial charge in [-0.15, -0.1) is 0 Å². The number of rotatable bonds is 3. The van der Waals surface area contributed by atoms with Gasteiger partial charge in [0.1, 0.15) is 18.4 Å². The van der Waals surface area contributed by atoms with Crippen molar-refractivity contribution in [1.82, 2.24) is 9.80 Å². The number of nitrogens with two attached hydrogens (primary N) is 1. The summed E-state index contributed by atoms with van der Waals surface area (Å²) in [7, 11) is 1.45. The highest BCUT2D eigenvalue weighted by atomic mass is 16.6. The van der Waals surface area contributed by atoms with Crippen LogP contribution in [0, 0.1) is 11.3 Å². The number of carbonyl (C=O) groups is 5. The number of methoxy groups -OCH3 is 1. The molecule has 11 nitrogen and oxygen atoms in total. The number of hydrogen-bond acceptors (Lipinski definition) is 9. The predicted octanol–water partition coefficient (Wildman–Crippen LogP) is 0.693. The maximum absolute atomic E-state index is 13.9. The van der Waals surface area contributed by atoms with E-state index in [1.807, 2.05) is 13.8 Å². The molecule has 0 bridgehead atoms. The van der Waals surface area contributed by atoms with Gasteiger partial charge < -0.3 is 29.7 Å². The van der Waals surface area contributed by atoms with Crippen molar-refractivity contribution in [2.75, 3.05) is 20.3 Å². The zero-order valence-corrected chi connectivity index (χ0v) is 20.5. The predicted molar refractivity (Wildman–Crippen MR) is 120 cm³/mol. The van der Waals surface area contributed by atoms with Gasteiger partial charge in [0, 0.05) is 51.0 Å². The van der Waals surface area contributed by atoms with Gasteiger partial charge in [0.15, 0.2) is 17.3 Å². The number of fused-ring (bicyclic) bond motifs is 4. The van der Waals surface area contributed by atoms with E-state index >= 15 is 0 Å². The van der Waals surface area contributed by atoms with Gasteiger partial charge in [0.05, 0.1) is 23.2 Å². The van der Waals surface area contributed by atoms with Crippen LogP contribution in [0.5, 0.6) is 0 Å². The molecule has 0 aromatic carbocycles. The second kappa shape index (κ2) is 7.06. The number of nitrogens with zero attached hydrogens (tertiary/aromatic N) is 2. The minimum Gasteiger partial charge on any atom is -0.457 e. The summed E-state index contributed by atoms with van der Waals surface area (Å²) >= 11 is 0. The van der Waals surface area contributed by atoms with Crippen molar-refractivity contribution < 1.29 is 38.2 Å². The molecule has 0 aromatic rings. The molecular weight excluding hydrogens is 470 g/mol. The first-order valence-electron chi connectivity index (χ1n) is 12.0. The Morgan fingerprint density at radius 1 is 1.14 bits per heavy atom. The zero-order chi connectivity index (χ0) is 25.9. The Morgan fingerprint density at radius 3 is 2.50 bits per heavy atom. The first kappa shape index (κ1) is 23.0. The van der Waals surface area contributed by atoms with Crippen molar-refractivity contribution in [3.05, 3.63) is 33.9 Å². The second-order valence-corrected chi connectivity index (χ2v) is 11.0. The summed E-state index contributed by atoms with van der Waals surface area (Å²) in [4.78, 5) is 67.9. The molecule has 36 heavy (non-hydrogen) atoms. The third-order valence-corrected chi connectivity index (χ3v) is 8.35. The first-order valence-corrected chi connectivity index (χ1v) is 12.0. The van der Waals surface area contributed by atoms with E-state index in [9.17, 15) is 24.0 Å². The third-order valence-electron chi connectivity index (χ3n) is 8.35. The smallest absolute Gasteiger partial charge is 0.404 e. The summed E-state index contributed by atoms with van der Waals surface area (Å²) in [6.07, 6.45) is -0.192. The highest BCUT2D eigenvalue weighted by molar-refractivity contribution is 6.26. The fourth-order valence-corrected chi connectivity index (χ4v) is 6.96. The molecule has 2 saturated heterocycles. The van der Waals surface area contributed by atoms with E-state index in [1.165, 1.54) is 14.0 Å². The largest absolute Gasteiger partial charge is 0.457 e. The molecule has 2 fully saturated rings. The summed E-state index contributed by atoms with van der Waals surface area (Å²) in [5.41, 5.74) is 4.51. The fraction of sp³-hybridized carbons (Fsp3) is 0.560. The Kier molecular flexibility index (Phi) is 4.50. The molecule has 0 unspecified atom stereocenters. The molecule has 0 radical (unpaired) electrons. The molecular formula is C25H27N3O8. The van der Waals surface area contributed by atoms with Crippen LogP contribution in [0.15, 0.2) is 33.9 Å². The zero-order valence-electron chi connectivity index (χ0n) is 20.5. The van der Waals surface area contributed by atoms with E-state index in [0.717, 1.165) is 0 Å². The summed E-state index contributed by atoms with van der Waals surface area (Å²) in [6.45, 7) is 5.33. The lowest BCUT2D eigenvalue weighted by atomic mass is 9.73. The van der Waals surface area contributed by atoms with Crippen molar-refractivity contribution in [2.24, 2.45) is 17.1 Å². The van der Waals surface area contributed by atoms with Crippen molar-refractivity contribution in [3.8, 4) is 0 Å². The number of primary amides is 1. The number of amides is 2. The quantitative estimate of drug-likeness (QED) is 0.440. The summed E-state index contributed by atoms with van der Waals surface area (Å²) in [5.74, 6) is -1.70. The van der Waals surface area contributed by atoms with E-state index in [4.69, 9.17) is 19.9 Å². The highest BCUT2D eigenvalue weighted by Gasteiger charge is 2.77. The average Bonchev–Trinajstić information content (AvgIpc) is 3.31. The van der Waals surface area contributed by atoms with Crippen LogP contribution in [0.2, 0.25) is 0 Å². The lowest BCUT2D eigenvalue weighted by molar-refractivity contribution is -0.152. The summed E-state index contributed by atoms with van der Waals surface area (Å²) in [6, 6.07) is -0.635. The lowest BCUT2D eigenvalue weighted by Crippen LogP contribution is -2.56. The van der Waals surface area contributed by atoms with E-state index in [2.05, 4.69) is 0 Å². The van der Waals surface area contributed by atoms with Crippen LogP contribution in [-0.4, -0.2) is 77.2 Å². The maximum atomic E-state index is 13.9. The van der Waals surface area contributed by atoms with E-state index in [-0.39, 0.29) is 65.3 Å². The fourth-order valence-electron chi connectivity index (χ4n) is 6.96. The van der Waals surface area contributed by atoms with Gasteiger partial charge in [-0.2, -0.15) is 0 Å². The van der Waals surface area contributed by atoms with Crippen molar-refractivity contribution in [2.45, 2.75) is 57.8 Å². The van der Waals surface area contributed by atoms with E-state index in [0.29, 0.717) is 24.2 Å². The Labute approximate surface area is 206 Å². The van der Waals surface area contributed by atoms with Crippen molar-refractivity contribution in [3.63, 3.8) is 0 Å². The Bertz CT molecular complexity index is 1290. The van der Waals surface area contributed by atoms with Gasteiger partial charge in [-0.25, -0.2) is 4.79 Å². The first-order chi connectivity index (χ1) is 16.9. The van der Waals surface area contributed by atoms with Gasteiger partial charge in [-0.1, -0.05) is 13.8 Å². The molecule has 0 saturated carbocycles. The van der Waals surface area contributed by atoms with Crippen LogP contribution in [0.1, 0.15) is 40.0 Å². The molecule has 4 aliphatic heterocycles. The van der Waals surface area contributed by atoms with Gasteiger partial charge in [0.25, 0.3) is 0 Å². The molecule has 0 spiro atoms. The van der Waals surface area contributed by atoms with Gasteiger partial charge in [-0.05, 0) is 5.41 Å². The monoisotopic (exact) mass is 497 g/mol. The number of hydrogen-bond donors (Lipinski definition) is 1. The molecule has 4 heterocycles. The number of piperazine rings is 1. The van der Waals surface area contributed by atoms with Crippen LogP contribution in [0.3, 0.4) is 0 Å². The molecule has 2 N–H and O–H groups in total. The van der Waals surface area contributed by atoms with Gasteiger partial charge in [0.2, 0.25) is 17.5 Å². The molecule has 2 aliphatic carbocycles. The highest BCUT2D eigenvalue weighted by Crippen LogP contribution is 2.60.